The molecule has 1 aromatic carbocycles. The summed E-state index contributed by atoms with van der Waals surface area (Å²) in [7, 11) is 0. The van der Waals surface area contributed by atoms with Gasteiger partial charge in [0.05, 0.1) is 0 Å². The predicted molar refractivity (Wildman–Crippen MR) is 52.2 cm³/mol. The van der Waals surface area contributed by atoms with Crippen molar-refractivity contribution in [2.75, 3.05) is 6.54 Å². The summed E-state index contributed by atoms with van der Waals surface area (Å²) in [6, 6.07) is 8.53. The number of esters is 1. The molecule has 14 heavy (non-hydrogen) atoms. The minimum Gasteiger partial charge on any atom is -0.424 e. The fourth-order valence-electron chi connectivity index (χ4n) is 0.774. The number of para-hydroxylation sites is 1. The standard InChI is InChI=1S/C9H13N3O2/c10-6-9(11,12)8(13)14-7-4-2-1-3-5-7/h1-5H,6,10-12H2. The van der Waals surface area contributed by atoms with Crippen LogP contribution in [0.4, 0.5) is 0 Å². The molecule has 1 aromatic rings. The maximum Gasteiger partial charge on any atom is 0.347 e. The van der Waals surface area contributed by atoms with Gasteiger partial charge in [0.2, 0.25) is 0 Å². The number of hydrogen-bond donors (Lipinski definition) is 3. The molecule has 0 spiro atoms. The van der Waals surface area contributed by atoms with E-state index in [2.05, 4.69) is 0 Å². The maximum absolute atomic E-state index is 11.3. The molecular weight excluding hydrogens is 182 g/mol. The van der Waals surface area contributed by atoms with Crippen LogP contribution in [0.15, 0.2) is 30.3 Å². The highest BCUT2D eigenvalue weighted by Crippen LogP contribution is 2.09. The van der Waals surface area contributed by atoms with Crippen molar-refractivity contribution in [1.29, 1.82) is 0 Å². The van der Waals surface area contributed by atoms with Gasteiger partial charge in [-0.3, -0.25) is 0 Å². The van der Waals surface area contributed by atoms with Gasteiger partial charge < -0.3 is 21.9 Å². The predicted octanol–water partition coefficient (Wildman–Crippen LogP) is -0.836. The van der Waals surface area contributed by atoms with Crippen LogP contribution in [0.25, 0.3) is 0 Å². The van der Waals surface area contributed by atoms with Crippen LogP contribution in [0.3, 0.4) is 0 Å². The Morgan fingerprint density at radius 1 is 1.29 bits per heavy atom. The molecule has 0 aliphatic carbocycles. The van der Waals surface area contributed by atoms with E-state index in [0.29, 0.717) is 5.75 Å². The van der Waals surface area contributed by atoms with Crippen molar-refractivity contribution in [3.05, 3.63) is 30.3 Å². The van der Waals surface area contributed by atoms with Gasteiger partial charge in [0.25, 0.3) is 0 Å². The van der Waals surface area contributed by atoms with Crippen molar-refractivity contribution in [1.82, 2.24) is 0 Å². The van der Waals surface area contributed by atoms with Crippen LogP contribution in [0.2, 0.25) is 0 Å². The normalized spacial score (nSPS) is 11.1. The summed E-state index contributed by atoms with van der Waals surface area (Å²) in [6.07, 6.45) is 0. The van der Waals surface area contributed by atoms with E-state index in [0.717, 1.165) is 0 Å². The third-order valence-electron chi connectivity index (χ3n) is 1.67. The van der Waals surface area contributed by atoms with Gasteiger partial charge in [0, 0.05) is 6.54 Å². The lowest BCUT2D eigenvalue weighted by molar-refractivity contribution is -0.139. The monoisotopic (exact) mass is 195 g/mol. The van der Waals surface area contributed by atoms with Crippen LogP contribution in [-0.4, -0.2) is 18.2 Å². The second-order valence-electron chi connectivity index (χ2n) is 2.95. The van der Waals surface area contributed by atoms with Crippen molar-refractivity contribution in [3.8, 4) is 5.75 Å². The van der Waals surface area contributed by atoms with Gasteiger partial charge in [0.15, 0.2) is 5.66 Å². The third-order valence-corrected chi connectivity index (χ3v) is 1.67. The quantitative estimate of drug-likeness (QED) is 0.331. The number of carbonyl (C=O) groups excluding carboxylic acids is 1. The van der Waals surface area contributed by atoms with Crippen molar-refractivity contribution < 1.29 is 9.53 Å². The first-order chi connectivity index (χ1) is 6.56. The largest absolute Gasteiger partial charge is 0.424 e. The lowest BCUT2D eigenvalue weighted by Crippen LogP contribution is -2.63. The van der Waals surface area contributed by atoms with Crippen molar-refractivity contribution in [2.45, 2.75) is 5.66 Å². The first kappa shape index (κ1) is 10.6. The molecule has 0 fully saturated rings. The molecule has 0 amide bonds. The van der Waals surface area contributed by atoms with Crippen LogP contribution in [0.1, 0.15) is 0 Å². The van der Waals surface area contributed by atoms with Gasteiger partial charge in [-0.25, -0.2) is 4.79 Å². The first-order valence-corrected chi connectivity index (χ1v) is 4.11. The number of ether oxygens (including phenoxy) is 1. The van der Waals surface area contributed by atoms with Crippen LogP contribution in [0, 0.1) is 0 Å². The summed E-state index contributed by atoms with van der Waals surface area (Å²) in [5, 5.41) is 0. The number of nitrogens with two attached hydrogens (primary N) is 3. The van der Waals surface area contributed by atoms with E-state index in [4.69, 9.17) is 21.9 Å². The minimum absolute atomic E-state index is 0.168. The highest BCUT2D eigenvalue weighted by molar-refractivity contribution is 5.82. The summed E-state index contributed by atoms with van der Waals surface area (Å²) in [5.74, 6) is -0.350. The zero-order chi connectivity index (χ0) is 10.6. The van der Waals surface area contributed by atoms with E-state index < -0.39 is 11.6 Å². The zero-order valence-corrected chi connectivity index (χ0v) is 7.64. The third kappa shape index (κ3) is 2.53. The number of benzene rings is 1. The second-order valence-corrected chi connectivity index (χ2v) is 2.95. The fraction of sp³-hybridized carbons (Fsp3) is 0.222. The van der Waals surface area contributed by atoms with Gasteiger partial charge >= 0.3 is 5.97 Å². The maximum atomic E-state index is 11.3. The van der Waals surface area contributed by atoms with Crippen LogP contribution >= 0.6 is 0 Å². The SMILES string of the molecule is NCC(N)(N)C(=O)Oc1ccccc1. The van der Waals surface area contributed by atoms with Crippen LogP contribution in [0.5, 0.6) is 5.75 Å². The fourth-order valence-corrected chi connectivity index (χ4v) is 0.774. The van der Waals surface area contributed by atoms with Crippen molar-refractivity contribution in [3.63, 3.8) is 0 Å². The molecule has 76 valence electrons. The highest BCUT2D eigenvalue weighted by Gasteiger charge is 2.29. The highest BCUT2D eigenvalue weighted by atomic mass is 16.5. The number of rotatable bonds is 3. The molecule has 0 radical (unpaired) electrons. The Kier molecular flexibility index (Phi) is 3.19. The minimum atomic E-state index is -1.63. The van der Waals surface area contributed by atoms with Crippen LogP contribution < -0.4 is 21.9 Å². The smallest absolute Gasteiger partial charge is 0.347 e. The second kappa shape index (κ2) is 4.19. The Balaban J connectivity index is 2.67. The van der Waals surface area contributed by atoms with Gasteiger partial charge in [-0.15, -0.1) is 0 Å². The van der Waals surface area contributed by atoms with Crippen LogP contribution in [-0.2, 0) is 4.79 Å². The molecule has 0 unspecified atom stereocenters. The first-order valence-electron chi connectivity index (χ1n) is 4.11. The summed E-state index contributed by atoms with van der Waals surface area (Å²) in [5.41, 5.74) is 14.4. The van der Waals surface area contributed by atoms with E-state index in [1.165, 1.54) is 0 Å². The summed E-state index contributed by atoms with van der Waals surface area (Å²) < 4.78 is 4.90. The molecule has 0 saturated heterocycles. The lowest BCUT2D eigenvalue weighted by Gasteiger charge is -2.19. The topological polar surface area (TPSA) is 104 Å². The van der Waals surface area contributed by atoms with E-state index in [-0.39, 0.29) is 6.54 Å². The molecule has 0 aliphatic heterocycles. The molecule has 1 rings (SSSR count). The zero-order valence-electron chi connectivity index (χ0n) is 7.64. The molecular formula is C9H13N3O2. The Bertz CT molecular complexity index is 311. The Labute approximate surface area is 81.8 Å². The Morgan fingerprint density at radius 3 is 2.36 bits per heavy atom. The number of hydrogen-bond acceptors (Lipinski definition) is 5. The van der Waals surface area contributed by atoms with E-state index in [9.17, 15) is 4.79 Å². The van der Waals surface area contributed by atoms with E-state index in [1.54, 1.807) is 30.3 Å². The van der Waals surface area contributed by atoms with E-state index >= 15 is 0 Å². The molecule has 0 bridgehead atoms. The van der Waals surface area contributed by atoms with Crippen molar-refractivity contribution >= 4 is 5.97 Å². The summed E-state index contributed by atoms with van der Waals surface area (Å²) >= 11 is 0. The molecule has 5 nitrogen and oxygen atoms in total. The molecule has 0 aromatic heterocycles. The molecule has 0 saturated carbocycles. The summed E-state index contributed by atoms with van der Waals surface area (Å²) in [6.45, 7) is -0.168. The molecule has 0 aliphatic rings. The van der Waals surface area contributed by atoms with Gasteiger partial charge in [-0.05, 0) is 12.1 Å². The summed E-state index contributed by atoms with van der Waals surface area (Å²) in [4.78, 5) is 11.3. The van der Waals surface area contributed by atoms with Crippen molar-refractivity contribution in [2.24, 2.45) is 17.2 Å². The average molecular weight is 195 g/mol. The molecule has 6 N–H and O–H groups in total. The Morgan fingerprint density at radius 2 is 1.86 bits per heavy atom. The molecule has 0 heterocycles. The number of carbonyl (C=O) groups is 1. The van der Waals surface area contributed by atoms with E-state index in [1.807, 2.05) is 0 Å². The molecule has 5 heteroatoms. The lowest BCUT2D eigenvalue weighted by atomic mass is 10.2. The van der Waals surface area contributed by atoms with Gasteiger partial charge in [0.1, 0.15) is 5.75 Å². The average Bonchev–Trinajstić information content (AvgIpc) is 2.19. The Hall–Kier alpha value is -1.43. The van der Waals surface area contributed by atoms with Gasteiger partial charge in [-0.2, -0.15) is 0 Å². The van der Waals surface area contributed by atoms with Gasteiger partial charge in [-0.1, -0.05) is 18.2 Å². The molecule has 0 atom stereocenters.